The minimum atomic E-state index is -3.56. The molecule has 0 bridgehead atoms. The highest BCUT2D eigenvalue weighted by Crippen LogP contribution is 2.36. The summed E-state index contributed by atoms with van der Waals surface area (Å²) in [5.74, 6) is 0.812. The number of methoxy groups -OCH3 is 1. The molecule has 162 valence electrons. The molecular formula is C22H28N2O5S. The number of anilines is 1. The normalized spacial score (nSPS) is 17.0. The largest absolute Gasteiger partial charge is 0.496 e. The molecular weight excluding hydrogens is 404 g/mol. The highest BCUT2D eigenvalue weighted by molar-refractivity contribution is 7.92. The van der Waals surface area contributed by atoms with Crippen LogP contribution in [0.1, 0.15) is 36.1 Å². The lowest BCUT2D eigenvalue weighted by molar-refractivity contribution is -0.128. The Morgan fingerprint density at radius 3 is 2.60 bits per heavy atom. The molecule has 1 aliphatic heterocycles. The van der Waals surface area contributed by atoms with E-state index in [1.165, 1.54) is 4.31 Å². The predicted octanol–water partition coefficient (Wildman–Crippen LogP) is 3.11. The van der Waals surface area contributed by atoms with Gasteiger partial charge in [-0.25, -0.2) is 8.42 Å². The van der Waals surface area contributed by atoms with E-state index in [-0.39, 0.29) is 18.5 Å². The molecule has 1 heterocycles. The van der Waals surface area contributed by atoms with Gasteiger partial charge in [0, 0.05) is 0 Å². The van der Waals surface area contributed by atoms with Crippen LogP contribution in [0.25, 0.3) is 0 Å². The molecule has 2 atom stereocenters. The van der Waals surface area contributed by atoms with Crippen LogP contribution in [0.15, 0.2) is 36.4 Å². The van der Waals surface area contributed by atoms with Crippen LogP contribution in [-0.4, -0.2) is 40.3 Å². The van der Waals surface area contributed by atoms with E-state index >= 15 is 0 Å². The van der Waals surface area contributed by atoms with Crippen molar-refractivity contribution in [2.45, 2.75) is 39.3 Å². The maximum atomic E-state index is 13.0. The first kappa shape index (κ1) is 22.0. The summed E-state index contributed by atoms with van der Waals surface area (Å²) in [7, 11) is -1.94. The van der Waals surface area contributed by atoms with E-state index in [9.17, 15) is 13.2 Å². The van der Waals surface area contributed by atoms with Crippen molar-refractivity contribution in [2.24, 2.45) is 0 Å². The SMILES string of the molecule is CC[C@@H](NC(=O)[C@H]1CN(S(C)(=O)=O)c2cc(C)ccc2O1)c1ccc(OC)c(C)c1. The number of nitrogens with zero attached hydrogens (tertiary/aromatic N) is 1. The van der Waals surface area contributed by atoms with Crippen LogP contribution in [0.3, 0.4) is 0 Å². The fourth-order valence-corrected chi connectivity index (χ4v) is 4.52. The number of benzene rings is 2. The third-order valence-electron chi connectivity index (χ3n) is 5.22. The Kier molecular flexibility index (Phi) is 6.26. The van der Waals surface area contributed by atoms with Crippen LogP contribution in [0.2, 0.25) is 0 Å². The van der Waals surface area contributed by atoms with Gasteiger partial charge < -0.3 is 14.8 Å². The first-order valence-corrected chi connectivity index (χ1v) is 11.7. The van der Waals surface area contributed by atoms with E-state index in [0.717, 1.165) is 28.7 Å². The Bertz CT molecular complexity index is 1050. The second kappa shape index (κ2) is 8.55. The van der Waals surface area contributed by atoms with Crippen LogP contribution >= 0.6 is 0 Å². The number of carbonyl (C=O) groups is 1. The van der Waals surface area contributed by atoms with E-state index in [0.29, 0.717) is 17.9 Å². The Balaban J connectivity index is 1.84. The molecule has 0 aromatic heterocycles. The molecule has 1 N–H and O–H groups in total. The zero-order valence-corrected chi connectivity index (χ0v) is 18.7. The molecule has 3 rings (SSSR count). The highest BCUT2D eigenvalue weighted by atomic mass is 32.2. The summed E-state index contributed by atoms with van der Waals surface area (Å²) in [4.78, 5) is 13.0. The summed E-state index contributed by atoms with van der Waals surface area (Å²) in [5.41, 5.74) is 3.30. The van der Waals surface area contributed by atoms with Crippen LogP contribution < -0.4 is 19.1 Å². The van der Waals surface area contributed by atoms with Gasteiger partial charge in [-0.2, -0.15) is 0 Å². The van der Waals surface area contributed by atoms with Gasteiger partial charge in [0.2, 0.25) is 10.0 Å². The maximum absolute atomic E-state index is 13.0. The summed E-state index contributed by atoms with van der Waals surface area (Å²) in [6, 6.07) is 10.8. The second-order valence-corrected chi connectivity index (χ2v) is 9.48. The number of rotatable bonds is 6. The third kappa shape index (κ3) is 4.53. The number of hydrogen-bond acceptors (Lipinski definition) is 5. The molecule has 0 fully saturated rings. The number of sulfonamides is 1. The zero-order valence-electron chi connectivity index (χ0n) is 17.9. The molecule has 2 aromatic carbocycles. The van der Waals surface area contributed by atoms with Crippen molar-refractivity contribution in [3.8, 4) is 11.5 Å². The molecule has 0 spiro atoms. The average Bonchev–Trinajstić information content (AvgIpc) is 2.70. The lowest BCUT2D eigenvalue weighted by atomic mass is 10.0. The molecule has 0 radical (unpaired) electrons. The number of aryl methyl sites for hydroxylation is 2. The van der Waals surface area contributed by atoms with Crippen LogP contribution in [-0.2, 0) is 14.8 Å². The molecule has 2 aromatic rings. The standard InChI is InChI=1S/C22H28N2O5S/c1-6-17(16-8-10-19(28-4)15(3)12-16)23-22(25)21-13-24(30(5,26)27)18-11-14(2)7-9-20(18)29-21/h7-12,17,21H,6,13H2,1-5H3,(H,23,25)/t17-,21-/m1/s1. The van der Waals surface area contributed by atoms with Gasteiger partial charge in [0.15, 0.2) is 6.10 Å². The topological polar surface area (TPSA) is 84.9 Å². The van der Waals surface area contributed by atoms with Crippen molar-refractivity contribution >= 4 is 21.6 Å². The minimum absolute atomic E-state index is 0.0702. The van der Waals surface area contributed by atoms with Crippen molar-refractivity contribution in [1.82, 2.24) is 5.32 Å². The first-order chi connectivity index (χ1) is 14.1. The van der Waals surface area contributed by atoms with Crippen molar-refractivity contribution in [3.63, 3.8) is 0 Å². The molecule has 1 aliphatic rings. The molecule has 0 saturated carbocycles. The Labute approximate surface area is 178 Å². The summed E-state index contributed by atoms with van der Waals surface area (Å²) in [6.07, 6.45) is 0.868. The quantitative estimate of drug-likeness (QED) is 0.758. The highest BCUT2D eigenvalue weighted by Gasteiger charge is 2.35. The van der Waals surface area contributed by atoms with E-state index in [1.54, 1.807) is 19.2 Å². The molecule has 7 nitrogen and oxygen atoms in total. The van der Waals surface area contributed by atoms with Gasteiger partial charge >= 0.3 is 0 Å². The van der Waals surface area contributed by atoms with Crippen molar-refractivity contribution < 1.29 is 22.7 Å². The van der Waals surface area contributed by atoms with Crippen molar-refractivity contribution in [2.75, 3.05) is 24.2 Å². The van der Waals surface area contributed by atoms with Gasteiger partial charge in [0.25, 0.3) is 5.91 Å². The average molecular weight is 433 g/mol. The van der Waals surface area contributed by atoms with Gasteiger partial charge in [-0.1, -0.05) is 25.1 Å². The molecule has 30 heavy (non-hydrogen) atoms. The fraction of sp³-hybridized carbons (Fsp3) is 0.409. The van der Waals surface area contributed by atoms with E-state index in [1.807, 2.05) is 45.0 Å². The van der Waals surface area contributed by atoms with Crippen LogP contribution in [0.4, 0.5) is 5.69 Å². The second-order valence-electron chi connectivity index (χ2n) is 7.57. The van der Waals surface area contributed by atoms with E-state index in [2.05, 4.69) is 5.32 Å². The Hall–Kier alpha value is -2.74. The maximum Gasteiger partial charge on any atom is 0.263 e. The van der Waals surface area contributed by atoms with Crippen molar-refractivity contribution in [3.05, 3.63) is 53.1 Å². The number of hydrogen-bond donors (Lipinski definition) is 1. The van der Waals surface area contributed by atoms with E-state index in [4.69, 9.17) is 9.47 Å². The Morgan fingerprint density at radius 1 is 1.27 bits per heavy atom. The van der Waals surface area contributed by atoms with Gasteiger partial charge in [0.05, 0.1) is 31.6 Å². The lowest BCUT2D eigenvalue weighted by Gasteiger charge is -2.34. The summed E-state index contributed by atoms with van der Waals surface area (Å²) in [6.45, 7) is 5.73. The van der Waals surface area contributed by atoms with Crippen LogP contribution in [0.5, 0.6) is 11.5 Å². The minimum Gasteiger partial charge on any atom is -0.496 e. The predicted molar refractivity (Wildman–Crippen MR) is 117 cm³/mol. The number of carbonyl (C=O) groups excluding carboxylic acids is 1. The van der Waals surface area contributed by atoms with Gasteiger partial charge in [-0.3, -0.25) is 9.10 Å². The number of nitrogens with one attached hydrogen (secondary N) is 1. The fourth-order valence-electron chi connectivity index (χ4n) is 3.62. The summed E-state index contributed by atoms with van der Waals surface area (Å²) >= 11 is 0. The van der Waals surface area contributed by atoms with Gasteiger partial charge in [-0.15, -0.1) is 0 Å². The summed E-state index contributed by atoms with van der Waals surface area (Å²) in [5, 5.41) is 3.01. The van der Waals surface area contributed by atoms with Crippen LogP contribution in [0, 0.1) is 13.8 Å². The molecule has 0 aliphatic carbocycles. The smallest absolute Gasteiger partial charge is 0.263 e. The number of fused-ring (bicyclic) bond motifs is 1. The Morgan fingerprint density at radius 2 is 2.00 bits per heavy atom. The monoisotopic (exact) mass is 432 g/mol. The molecule has 1 amide bonds. The van der Waals surface area contributed by atoms with Gasteiger partial charge in [-0.05, 0) is 55.2 Å². The van der Waals surface area contributed by atoms with E-state index < -0.39 is 16.1 Å². The molecule has 0 saturated heterocycles. The molecule has 0 unspecified atom stereocenters. The number of ether oxygens (including phenoxy) is 2. The summed E-state index contributed by atoms with van der Waals surface area (Å²) < 4.78 is 37.1. The third-order valence-corrected chi connectivity index (χ3v) is 6.37. The number of amides is 1. The first-order valence-electron chi connectivity index (χ1n) is 9.84. The van der Waals surface area contributed by atoms with Crippen molar-refractivity contribution in [1.29, 1.82) is 0 Å². The zero-order chi connectivity index (χ0) is 22.1. The van der Waals surface area contributed by atoms with Gasteiger partial charge in [0.1, 0.15) is 11.5 Å². The molecule has 8 heteroatoms. The lowest BCUT2D eigenvalue weighted by Crippen LogP contribution is -2.51.